The first-order valence-corrected chi connectivity index (χ1v) is 8.65. The number of fused-ring (bicyclic) bond motifs is 1. The summed E-state index contributed by atoms with van der Waals surface area (Å²) in [5.41, 5.74) is 5.01. The lowest BCUT2D eigenvalue weighted by Crippen LogP contribution is -2.43. The highest BCUT2D eigenvalue weighted by Gasteiger charge is 2.31. The second kappa shape index (κ2) is 5.70. The van der Waals surface area contributed by atoms with Crippen molar-refractivity contribution in [3.05, 3.63) is 35.0 Å². The van der Waals surface area contributed by atoms with E-state index in [0.29, 0.717) is 5.92 Å². The summed E-state index contributed by atoms with van der Waals surface area (Å²) in [5, 5.41) is 1.34. The van der Waals surface area contributed by atoms with Crippen molar-refractivity contribution < 1.29 is 4.79 Å². The standard InChI is InChI=1S/C20H28N2O/c1-13-6-7-17-16(12-13)14(2)18(21-17)15-8-10-22(11-9-15)19(23)20(3,4)5/h6-7,12,15,21H,8-11H2,1-5H3. The minimum atomic E-state index is -0.276. The van der Waals surface area contributed by atoms with Crippen molar-refractivity contribution in [2.75, 3.05) is 13.1 Å². The van der Waals surface area contributed by atoms with Gasteiger partial charge in [-0.05, 0) is 44.4 Å². The fourth-order valence-electron chi connectivity index (χ4n) is 3.72. The molecular formula is C20H28N2O. The predicted molar refractivity (Wildman–Crippen MR) is 95.8 cm³/mol. The largest absolute Gasteiger partial charge is 0.358 e. The Morgan fingerprint density at radius 1 is 1.17 bits per heavy atom. The molecule has 0 atom stereocenters. The van der Waals surface area contributed by atoms with Crippen LogP contribution < -0.4 is 0 Å². The molecule has 23 heavy (non-hydrogen) atoms. The van der Waals surface area contributed by atoms with Crippen molar-refractivity contribution in [2.24, 2.45) is 5.41 Å². The number of benzene rings is 1. The lowest BCUT2D eigenvalue weighted by molar-refractivity contribution is -0.140. The maximum absolute atomic E-state index is 12.4. The number of aromatic nitrogens is 1. The zero-order valence-electron chi connectivity index (χ0n) is 15.0. The molecule has 3 nitrogen and oxygen atoms in total. The Balaban J connectivity index is 1.78. The number of nitrogens with one attached hydrogen (secondary N) is 1. The third kappa shape index (κ3) is 3.01. The van der Waals surface area contributed by atoms with Crippen LogP contribution >= 0.6 is 0 Å². The van der Waals surface area contributed by atoms with Crippen LogP contribution in [0.4, 0.5) is 0 Å². The van der Waals surface area contributed by atoms with Gasteiger partial charge in [-0.15, -0.1) is 0 Å². The van der Waals surface area contributed by atoms with Gasteiger partial charge in [0, 0.05) is 41.0 Å². The molecule has 0 bridgehead atoms. The van der Waals surface area contributed by atoms with Gasteiger partial charge in [-0.25, -0.2) is 0 Å². The number of nitrogens with zero attached hydrogens (tertiary/aromatic N) is 1. The maximum Gasteiger partial charge on any atom is 0.227 e. The van der Waals surface area contributed by atoms with Crippen LogP contribution in [0.5, 0.6) is 0 Å². The summed E-state index contributed by atoms with van der Waals surface area (Å²) >= 11 is 0. The number of hydrogen-bond donors (Lipinski definition) is 1. The number of aromatic amines is 1. The van der Waals surface area contributed by atoms with Crippen molar-refractivity contribution >= 4 is 16.8 Å². The summed E-state index contributed by atoms with van der Waals surface area (Å²) in [4.78, 5) is 18.1. The SMILES string of the molecule is Cc1ccc2[nH]c(C3CCN(C(=O)C(C)(C)C)CC3)c(C)c2c1. The molecule has 3 heteroatoms. The van der Waals surface area contributed by atoms with Crippen molar-refractivity contribution in [3.8, 4) is 0 Å². The van der Waals surface area contributed by atoms with E-state index in [2.05, 4.69) is 37.0 Å². The molecule has 0 saturated carbocycles. The molecule has 2 heterocycles. The minimum absolute atomic E-state index is 0.276. The van der Waals surface area contributed by atoms with Gasteiger partial charge in [0.1, 0.15) is 0 Å². The molecule has 1 aliphatic rings. The maximum atomic E-state index is 12.4. The van der Waals surface area contributed by atoms with E-state index >= 15 is 0 Å². The number of H-pyrrole nitrogens is 1. The topological polar surface area (TPSA) is 36.1 Å². The number of amides is 1. The monoisotopic (exact) mass is 312 g/mol. The fourth-order valence-corrected chi connectivity index (χ4v) is 3.72. The van der Waals surface area contributed by atoms with Gasteiger partial charge in [0.2, 0.25) is 5.91 Å². The Labute approximate surface area is 139 Å². The molecule has 2 aromatic rings. The average Bonchev–Trinajstić information content (AvgIpc) is 2.83. The number of piperidine rings is 1. The van der Waals surface area contributed by atoms with Crippen molar-refractivity contribution in [1.82, 2.24) is 9.88 Å². The summed E-state index contributed by atoms with van der Waals surface area (Å²) in [5.74, 6) is 0.812. The number of carbonyl (C=O) groups excluding carboxylic acids is 1. The van der Waals surface area contributed by atoms with E-state index in [4.69, 9.17) is 0 Å². The van der Waals surface area contributed by atoms with Gasteiger partial charge in [-0.3, -0.25) is 4.79 Å². The molecule has 0 unspecified atom stereocenters. The summed E-state index contributed by atoms with van der Waals surface area (Å²) in [6, 6.07) is 6.61. The first-order chi connectivity index (χ1) is 10.8. The number of hydrogen-bond acceptors (Lipinski definition) is 1. The smallest absolute Gasteiger partial charge is 0.227 e. The number of aryl methyl sites for hydroxylation is 2. The van der Waals surface area contributed by atoms with Gasteiger partial charge >= 0.3 is 0 Å². The van der Waals surface area contributed by atoms with Gasteiger partial charge in [0.15, 0.2) is 0 Å². The van der Waals surface area contributed by atoms with Gasteiger partial charge in [0.25, 0.3) is 0 Å². The van der Waals surface area contributed by atoms with Gasteiger partial charge in [-0.2, -0.15) is 0 Å². The molecule has 1 aliphatic heterocycles. The third-order valence-corrected chi connectivity index (χ3v) is 5.08. The molecule has 1 N–H and O–H groups in total. The fraction of sp³-hybridized carbons (Fsp3) is 0.550. The summed E-state index contributed by atoms with van der Waals surface area (Å²) in [7, 11) is 0. The average molecular weight is 312 g/mol. The van der Waals surface area contributed by atoms with Crippen LogP contribution in [-0.2, 0) is 4.79 Å². The molecule has 0 aliphatic carbocycles. The number of rotatable bonds is 1. The van der Waals surface area contributed by atoms with E-state index in [1.54, 1.807) is 0 Å². The molecule has 1 amide bonds. The Bertz CT molecular complexity index is 728. The highest BCUT2D eigenvalue weighted by Crippen LogP contribution is 2.34. The summed E-state index contributed by atoms with van der Waals surface area (Å²) < 4.78 is 0. The van der Waals surface area contributed by atoms with Crippen molar-refractivity contribution in [2.45, 2.75) is 53.4 Å². The number of carbonyl (C=O) groups is 1. The van der Waals surface area contributed by atoms with Crippen molar-refractivity contribution in [1.29, 1.82) is 0 Å². The van der Waals surface area contributed by atoms with E-state index in [0.717, 1.165) is 25.9 Å². The van der Waals surface area contributed by atoms with Crippen LogP contribution in [-0.4, -0.2) is 28.9 Å². The van der Waals surface area contributed by atoms with Crippen LogP contribution in [0.1, 0.15) is 56.4 Å². The van der Waals surface area contributed by atoms with E-state index in [9.17, 15) is 4.79 Å². The lowest BCUT2D eigenvalue weighted by atomic mass is 9.88. The van der Waals surface area contributed by atoms with Gasteiger partial charge in [-0.1, -0.05) is 32.4 Å². The van der Waals surface area contributed by atoms with Crippen molar-refractivity contribution in [3.63, 3.8) is 0 Å². The first-order valence-electron chi connectivity index (χ1n) is 8.65. The minimum Gasteiger partial charge on any atom is -0.358 e. The molecule has 1 saturated heterocycles. The zero-order valence-corrected chi connectivity index (χ0v) is 15.0. The molecular weight excluding hydrogens is 284 g/mol. The zero-order chi connectivity index (χ0) is 16.8. The second-order valence-electron chi connectivity index (χ2n) is 8.03. The van der Waals surface area contributed by atoms with Gasteiger partial charge < -0.3 is 9.88 Å². The molecule has 1 aromatic heterocycles. The Morgan fingerprint density at radius 2 is 1.83 bits per heavy atom. The summed E-state index contributed by atoms with van der Waals surface area (Å²) in [6.07, 6.45) is 2.10. The van der Waals surface area contributed by atoms with E-state index in [-0.39, 0.29) is 11.3 Å². The highest BCUT2D eigenvalue weighted by molar-refractivity contribution is 5.85. The van der Waals surface area contributed by atoms with E-state index in [1.807, 2.05) is 25.7 Å². The quantitative estimate of drug-likeness (QED) is 0.824. The molecule has 1 aromatic carbocycles. The van der Waals surface area contributed by atoms with Crippen LogP contribution in [0.25, 0.3) is 10.9 Å². The second-order valence-corrected chi connectivity index (χ2v) is 8.03. The Hall–Kier alpha value is -1.77. The third-order valence-electron chi connectivity index (χ3n) is 5.08. The van der Waals surface area contributed by atoms with E-state index < -0.39 is 0 Å². The van der Waals surface area contributed by atoms with Crippen LogP contribution in [0.15, 0.2) is 18.2 Å². The molecule has 124 valence electrons. The Morgan fingerprint density at radius 3 is 2.43 bits per heavy atom. The molecule has 0 radical (unpaired) electrons. The van der Waals surface area contributed by atoms with Gasteiger partial charge in [0.05, 0.1) is 0 Å². The molecule has 1 fully saturated rings. The molecule has 0 spiro atoms. The van der Waals surface area contributed by atoms with Crippen LogP contribution in [0.3, 0.4) is 0 Å². The first kappa shape index (κ1) is 16.1. The number of likely N-dealkylation sites (tertiary alicyclic amines) is 1. The normalized spacial score (nSPS) is 17.0. The van der Waals surface area contributed by atoms with E-state index in [1.165, 1.54) is 27.7 Å². The predicted octanol–water partition coefficient (Wildman–Crippen LogP) is 4.54. The summed E-state index contributed by atoms with van der Waals surface area (Å²) in [6.45, 7) is 12.1. The highest BCUT2D eigenvalue weighted by atomic mass is 16.2. The lowest BCUT2D eigenvalue weighted by Gasteiger charge is -2.35. The molecule has 3 rings (SSSR count). The Kier molecular flexibility index (Phi) is 3.99. The van der Waals surface area contributed by atoms with Crippen LogP contribution in [0, 0.1) is 19.3 Å². The van der Waals surface area contributed by atoms with Crippen LogP contribution in [0.2, 0.25) is 0 Å².